The van der Waals surface area contributed by atoms with E-state index in [0.29, 0.717) is 37.6 Å². The molecule has 43 heavy (non-hydrogen) atoms. The lowest BCUT2D eigenvalue weighted by atomic mass is 9.90. The van der Waals surface area contributed by atoms with Gasteiger partial charge in [-0.05, 0) is 68.0 Å². The maximum atomic E-state index is 13.0. The lowest BCUT2D eigenvalue weighted by Crippen LogP contribution is -2.39. The second kappa shape index (κ2) is 12.7. The van der Waals surface area contributed by atoms with Gasteiger partial charge in [0.15, 0.2) is 5.03 Å². The highest BCUT2D eigenvalue weighted by Crippen LogP contribution is 2.32. The van der Waals surface area contributed by atoms with Gasteiger partial charge < -0.3 is 10.6 Å². The fourth-order valence-corrected chi connectivity index (χ4v) is 6.67. The van der Waals surface area contributed by atoms with Crippen LogP contribution in [-0.4, -0.2) is 61.2 Å². The van der Waals surface area contributed by atoms with Gasteiger partial charge in [0.25, 0.3) is 10.0 Å². The number of nitrogens with zero attached hydrogens (tertiary/aromatic N) is 8. The summed E-state index contributed by atoms with van der Waals surface area (Å²) >= 11 is 0. The number of nitrogens with one attached hydrogen (secondary N) is 2. The van der Waals surface area contributed by atoms with Crippen LogP contribution in [0.1, 0.15) is 44.2 Å². The van der Waals surface area contributed by atoms with Crippen molar-refractivity contribution in [1.82, 2.24) is 33.8 Å². The molecule has 0 spiro atoms. The monoisotopic (exact) mass is 602 g/mol. The van der Waals surface area contributed by atoms with Crippen molar-refractivity contribution in [3.63, 3.8) is 0 Å². The summed E-state index contributed by atoms with van der Waals surface area (Å²) in [5.41, 5.74) is 3.88. The molecule has 14 heteroatoms. The number of carbonyl (C=O) groups excluding carboxylic acids is 1. The number of sulfonamides is 1. The van der Waals surface area contributed by atoms with Crippen molar-refractivity contribution < 1.29 is 13.2 Å². The van der Waals surface area contributed by atoms with Gasteiger partial charge in [-0.15, -0.1) is 0 Å². The molecule has 4 aromatic rings. The average Bonchev–Trinajstić information content (AvgIpc) is 3.65. The molecule has 2 N–H and O–H groups in total. The average molecular weight is 603 g/mol. The van der Waals surface area contributed by atoms with Crippen LogP contribution in [0.5, 0.6) is 0 Å². The molecule has 0 radical (unpaired) electrons. The topological polar surface area (TPSA) is 164 Å². The molecule has 1 saturated heterocycles. The predicted molar refractivity (Wildman–Crippen MR) is 161 cm³/mol. The molecular weight excluding hydrogens is 568 g/mol. The standard InChI is InChI=1S/C29H34N10O3S/c1-20-17-31-29(34-25-6-4-24(5-7-25)33-21(2)40)35-28(20)23-18-32-39(19-23)26(8-12-30)16-22-9-14-38(15-10-22)43(41,42)27-11-13-37(3)36-27/h4-7,11,13,17-19,22,26H,8-10,14-16H2,1-3H3,(H,33,40)(H,31,34,35). The second-order valence-corrected chi connectivity index (χ2v) is 12.6. The van der Waals surface area contributed by atoms with E-state index in [1.165, 1.54) is 22.0 Å². The maximum absolute atomic E-state index is 13.0. The minimum atomic E-state index is -3.62. The molecule has 224 valence electrons. The highest BCUT2D eigenvalue weighted by molar-refractivity contribution is 7.89. The zero-order chi connectivity index (χ0) is 30.6. The normalized spacial score (nSPS) is 15.1. The number of nitriles is 1. The number of amides is 1. The van der Waals surface area contributed by atoms with Crippen LogP contribution < -0.4 is 10.6 Å². The van der Waals surface area contributed by atoms with Crippen molar-refractivity contribution in [3.8, 4) is 17.3 Å². The molecule has 0 aliphatic carbocycles. The number of piperidine rings is 1. The van der Waals surface area contributed by atoms with Gasteiger partial charge in [0.1, 0.15) is 0 Å². The van der Waals surface area contributed by atoms with E-state index in [1.807, 2.05) is 29.9 Å². The number of aryl methyl sites for hydroxylation is 2. The van der Waals surface area contributed by atoms with Crippen LogP contribution in [0.4, 0.5) is 17.3 Å². The number of rotatable bonds is 10. The highest BCUT2D eigenvalue weighted by Gasteiger charge is 2.32. The largest absolute Gasteiger partial charge is 0.326 e. The van der Waals surface area contributed by atoms with E-state index in [9.17, 15) is 18.5 Å². The second-order valence-electron chi connectivity index (χ2n) is 10.7. The zero-order valence-corrected chi connectivity index (χ0v) is 25.1. The van der Waals surface area contributed by atoms with Crippen molar-refractivity contribution in [3.05, 3.63) is 60.7 Å². The van der Waals surface area contributed by atoms with E-state index in [4.69, 9.17) is 4.98 Å². The van der Waals surface area contributed by atoms with Crippen molar-refractivity contribution in [2.45, 2.75) is 50.6 Å². The first-order valence-corrected chi connectivity index (χ1v) is 15.5. The Morgan fingerprint density at radius 3 is 2.51 bits per heavy atom. The SMILES string of the molecule is CC(=O)Nc1ccc(Nc2ncc(C)c(-c3cnn(C(CC#N)CC4CCN(S(=O)(=O)c5ccn(C)n5)CC4)c3)n2)cc1. The fourth-order valence-electron chi connectivity index (χ4n) is 5.25. The molecule has 1 aliphatic heterocycles. The molecular formula is C29H34N10O3S. The quantitative estimate of drug-likeness (QED) is 0.273. The van der Waals surface area contributed by atoms with Crippen LogP contribution >= 0.6 is 0 Å². The van der Waals surface area contributed by atoms with E-state index < -0.39 is 10.0 Å². The summed E-state index contributed by atoms with van der Waals surface area (Å²) in [5, 5.41) is 24.2. The molecule has 1 amide bonds. The Bertz CT molecular complexity index is 1730. The Kier molecular flexibility index (Phi) is 8.84. The van der Waals surface area contributed by atoms with Crippen LogP contribution in [-0.2, 0) is 21.9 Å². The van der Waals surface area contributed by atoms with Crippen LogP contribution in [0.3, 0.4) is 0 Å². The summed E-state index contributed by atoms with van der Waals surface area (Å²) in [6.45, 7) is 4.22. The minimum absolute atomic E-state index is 0.0677. The Morgan fingerprint density at radius 2 is 1.86 bits per heavy atom. The summed E-state index contributed by atoms with van der Waals surface area (Å²) in [6.07, 6.45) is 9.43. The first-order valence-electron chi connectivity index (χ1n) is 14.0. The zero-order valence-electron chi connectivity index (χ0n) is 24.3. The molecule has 0 bridgehead atoms. The van der Waals surface area contributed by atoms with E-state index >= 15 is 0 Å². The number of hydrogen-bond acceptors (Lipinski definition) is 9. The molecule has 13 nitrogen and oxygen atoms in total. The fraction of sp³-hybridized carbons (Fsp3) is 0.379. The van der Waals surface area contributed by atoms with E-state index in [-0.39, 0.29) is 29.3 Å². The Hall–Kier alpha value is -4.61. The van der Waals surface area contributed by atoms with Gasteiger partial charge in [0.2, 0.25) is 11.9 Å². The number of anilines is 3. The third-order valence-electron chi connectivity index (χ3n) is 7.48. The van der Waals surface area contributed by atoms with Crippen LogP contribution in [0.15, 0.2) is 60.1 Å². The van der Waals surface area contributed by atoms with E-state index in [2.05, 4.69) is 31.9 Å². The third-order valence-corrected chi connectivity index (χ3v) is 9.27. The van der Waals surface area contributed by atoms with Gasteiger partial charge in [-0.3, -0.25) is 14.2 Å². The number of aromatic nitrogens is 6. The third kappa shape index (κ3) is 7.07. The Labute approximate surface area is 250 Å². The Balaban J connectivity index is 1.25. The number of benzene rings is 1. The molecule has 0 saturated carbocycles. The first kappa shape index (κ1) is 29.9. The molecule has 1 atom stereocenters. The molecule has 1 unspecified atom stereocenters. The lowest BCUT2D eigenvalue weighted by molar-refractivity contribution is -0.114. The maximum Gasteiger partial charge on any atom is 0.262 e. The smallest absolute Gasteiger partial charge is 0.262 e. The highest BCUT2D eigenvalue weighted by atomic mass is 32.2. The van der Waals surface area contributed by atoms with Crippen LogP contribution in [0, 0.1) is 24.2 Å². The summed E-state index contributed by atoms with van der Waals surface area (Å²) in [4.78, 5) is 20.4. The van der Waals surface area contributed by atoms with Gasteiger partial charge in [-0.1, -0.05) is 0 Å². The summed E-state index contributed by atoms with van der Waals surface area (Å²) in [6, 6.07) is 10.9. The van der Waals surface area contributed by atoms with Gasteiger partial charge in [-0.2, -0.15) is 19.8 Å². The minimum Gasteiger partial charge on any atom is -0.326 e. The van der Waals surface area contributed by atoms with Crippen LogP contribution in [0.2, 0.25) is 0 Å². The molecule has 4 heterocycles. The first-order chi connectivity index (χ1) is 20.6. The Morgan fingerprint density at radius 1 is 1.14 bits per heavy atom. The number of hydrogen-bond donors (Lipinski definition) is 2. The van der Waals surface area contributed by atoms with Crippen LogP contribution in [0.25, 0.3) is 11.3 Å². The van der Waals surface area contributed by atoms with E-state index in [1.54, 1.807) is 37.8 Å². The van der Waals surface area contributed by atoms with Crippen molar-refractivity contribution in [2.75, 3.05) is 23.7 Å². The van der Waals surface area contributed by atoms with Gasteiger partial charge in [0, 0.05) is 62.6 Å². The summed E-state index contributed by atoms with van der Waals surface area (Å²) in [5.74, 6) is 0.540. The lowest BCUT2D eigenvalue weighted by Gasteiger charge is -2.32. The molecule has 5 rings (SSSR count). The number of carbonyl (C=O) groups is 1. The van der Waals surface area contributed by atoms with Gasteiger partial charge in [0.05, 0.1) is 30.4 Å². The molecule has 1 fully saturated rings. The molecule has 3 aromatic heterocycles. The molecule has 1 aliphatic rings. The van der Waals surface area contributed by atoms with E-state index in [0.717, 1.165) is 28.9 Å². The van der Waals surface area contributed by atoms with Crippen molar-refractivity contribution in [1.29, 1.82) is 5.26 Å². The van der Waals surface area contributed by atoms with Crippen molar-refractivity contribution in [2.24, 2.45) is 13.0 Å². The molecule has 1 aromatic carbocycles. The van der Waals surface area contributed by atoms with Crippen molar-refractivity contribution >= 4 is 33.3 Å². The summed E-state index contributed by atoms with van der Waals surface area (Å²) < 4.78 is 30.7. The summed E-state index contributed by atoms with van der Waals surface area (Å²) in [7, 11) is -1.92. The van der Waals surface area contributed by atoms with Gasteiger partial charge in [-0.25, -0.2) is 18.4 Å². The van der Waals surface area contributed by atoms with Gasteiger partial charge >= 0.3 is 0 Å². The predicted octanol–water partition coefficient (Wildman–Crippen LogP) is 4.03.